The molecule has 0 heterocycles. The summed E-state index contributed by atoms with van der Waals surface area (Å²) < 4.78 is 5.67. The van der Waals surface area contributed by atoms with Gasteiger partial charge in [-0.3, -0.25) is 9.79 Å². The van der Waals surface area contributed by atoms with Crippen LogP contribution in [0.3, 0.4) is 0 Å². The van der Waals surface area contributed by atoms with Gasteiger partial charge in [0, 0.05) is 33.2 Å². The second kappa shape index (κ2) is 12.2. The van der Waals surface area contributed by atoms with Gasteiger partial charge >= 0.3 is 0 Å². The van der Waals surface area contributed by atoms with Gasteiger partial charge in [-0.1, -0.05) is 18.2 Å². The lowest BCUT2D eigenvalue weighted by Crippen LogP contribution is -2.45. The number of hydrogen-bond acceptors (Lipinski definition) is 3. The van der Waals surface area contributed by atoms with Crippen LogP contribution in [0.25, 0.3) is 0 Å². The highest BCUT2D eigenvalue weighted by Gasteiger charge is 2.15. The van der Waals surface area contributed by atoms with Crippen LogP contribution in [0.1, 0.15) is 33.3 Å². The average Bonchev–Trinajstić information content (AvgIpc) is 2.63. The maximum absolute atomic E-state index is 12.3. The van der Waals surface area contributed by atoms with Crippen LogP contribution in [-0.2, 0) is 11.2 Å². The Morgan fingerprint density at radius 3 is 2.46 bits per heavy atom. The summed E-state index contributed by atoms with van der Waals surface area (Å²) >= 11 is 0. The Bertz CT molecular complexity index is 571. The van der Waals surface area contributed by atoms with Crippen molar-refractivity contribution in [2.45, 2.75) is 34.1 Å². The molecule has 1 N–H and O–H groups in total. The van der Waals surface area contributed by atoms with Crippen molar-refractivity contribution in [1.29, 1.82) is 0 Å². The van der Waals surface area contributed by atoms with E-state index < -0.39 is 0 Å². The molecular formula is C20H34N4O2. The Kier molecular flexibility index (Phi) is 10.2. The highest BCUT2D eigenvalue weighted by atomic mass is 16.5. The molecule has 0 saturated heterocycles. The number of nitrogens with one attached hydrogen (secondary N) is 1. The van der Waals surface area contributed by atoms with E-state index in [1.165, 1.54) is 0 Å². The number of rotatable bonds is 10. The Morgan fingerprint density at radius 1 is 1.15 bits per heavy atom. The highest BCUT2D eigenvalue weighted by molar-refractivity contribution is 5.86. The first-order valence-electron chi connectivity index (χ1n) is 9.55. The number of nitrogens with zero attached hydrogens (tertiary/aromatic N) is 3. The molecule has 1 rings (SSSR count). The molecule has 1 aromatic carbocycles. The molecule has 0 aliphatic rings. The minimum absolute atomic E-state index is 0.116. The molecular weight excluding hydrogens is 328 g/mol. The third-order valence-electron chi connectivity index (χ3n) is 4.10. The predicted molar refractivity (Wildman–Crippen MR) is 108 cm³/mol. The van der Waals surface area contributed by atoms with Gasteiger partial charge in [-0.05, 0) is 45.7 Å². The first-order valence-corrected chi connectivity index (χ1v) is 9.55. The fourth-order valence-corrected chi connectivity index (χ4v) is 2.71. The van der Waals surface area contributed by atoms with E-state index in [2.05, 4.69) is 16.4 Å². The van der Waals surface area contributed by atoms with Crippen molar-refractivity contribution in [2.75, 3.05) is 46.4 Å². The molecule has 1 amide bonds. The lowest BCUT2D eigenvalue weighted by molar-refractivity contribution is -0.131. The van der Waals surface area contributed by atoms with Crippen molar-refractivity contribution in [3.05, 3.63) is 29.8 Å². The van der Waals surface area contributed by atoms with Crippen molar-refractivity contribution in [3.8, 4) is 5.75 Å². The number of carbonyl (C=O) groups is 1. The maximum atomic E-state index is 12.3. The molecule has 0 aliphatic heterocycles. The smallest absolute Gasteiger partial charge is 0.242 e. The summed E-state index contributed by atoms with van der Waals surface area (Å²) in [6.45, 7) is 11.8. The van der Waals surface area contributed by atoms with Crippen molar-refractivity contribution < 1.29 is 9.53 Å². The SMILES string of the molecule is CCNC(=NCCc1ccccc1OCC)N(C)CC(=O)N(CC)CC. The molecule has 6 heteroatoms. The molecule has 0 radical (unpaired) electrons. The lowest BCUT2D eigenvalue weighted by atomic mass is 10.1. The molecule has 0 saturated carbocycles. The van der Waals surface area contributed by atoms with E-state index in [1.807, 2.05) is 62.7 Å². The summed E-state index contributed by atoms with van der Waals surface area (Å²) in [4.78, 5) is 20.7. The van der Waals surface area contributed by atoms with Crippen LogP contribution in [0.2, 0.25) is 0 Å². The van der Waals surface area contributed by atoms with Crippen molar-refractivity contribution in [2.24, 2.45) is 4.99 Å². The van der Waals surface area contributed by atoms with Crippen LogP contribution < -0.4 is 10.1 Å². The fraction of sp³-hybridized carbons (Fsp3) is 0.600. The number of amides is 1. The third-order valence-corrected chi connectivity index (χ3v) is 4.10. The van der Waals surface area contributed by atoms with Crippen LogP contribution in [0.5, 0.6) is 5.75 Å². The zero-order chi connectivity index (χ0) is 19.4. The molecule has 1 aromatic rings. The van der Waals surface area contributed by atoms with Crippen LogP contribution in [-0.4, -0.2) is 68.0 Å². The van der Waals surface area contributed by atoms with Crippen LogP contribution in [0.4, 0.5) is 0 Å². The minimum Gasteiger partial charge on any atom is -0.494 e. The van der Waals surface area contributed by atoms with Gasteiger partial charge in [-0.15, -0.1) is 0 Å². The van der Waals surface area contributed by atoms with Crippen LogP contribution >= 0.6 is 0 Å². The summed E-state index contributed by atoms with van der Waals surface area (Å²) in [5.74, 6) is 1.78. The summed E-state index contributed by atoms with van der Waals surface area (Å²) in [5, 5.41) is 3.26. The van der Waals surface area contributed by atoms with E-state index in [0.29, 0.717) is 19.7 Å². The van der Waals surface area contributed by atoms with E-state index in [-0.39, 0.29) is 5.91 Å². The summed E-state index contributed by atoms with van der Waals surface area (Å²) in [6.07, 6.45) is 0.795. The summed E-state index contributed by atoms with van der Waals surface area (Å²) in [5.41, 5.74) is 1.15. The Labute approximate surface area is 158 Å². The Hall–Kier alpha value is -2.24. The second-order valence-electron chi connectivity index (χ2n) is 5.95. The number of likely N-dealkylation sites (N-methyl/N-ethyl adjacent to an activating group) is 2. The molecule has 0 atom stereocenters. The average molecular weight is 363 g/mol. The molecule has 26 heavy (non-hydrogen) atoms. The van der Waals surface area contributed by atoms with Crippen LogP contribution in [0, 0.1) is 0 Å². The molecule has 146 valence electrons. The van der Waals surface area contributed by atoms with Gasteiger partial charge in [0.05, 0.1) is 13.2 Å². The van der Waals surface area contributed by atoms with Gasteiger partial charge in [0.2, 0.25) is 5.91 Å². The van der Waals surface area contributed by atoms with Gasteiger partial charge < -0.3 is 19.9 Å². The molecule has 6 nitrogen and oxygen atoms in total. The number of hydrogen-bond donors (Lipinski definition) is 1. The van der Waals surface area contributed by atoms with E-state index in [1.54, 1.807) is 0 Å². The molecule has 0 bridgehead atoms. The van der Waals surface area contributed by atoms with Gasteiger partial charge in [0.25, 0.3) is 0 Å². The highest BCUT2D eigenvalue weighted by Crippen LogP contribution is 2.18. The van der Waals surface area contributed by atoms with Gasteiger partial charge in [-0.2, -0.15) is 0 Å². The first kappa shape index (κ1) is 21.8. The van der Waals surface area contributed by atoms with Gasteiger partial charge in [0.15, 0.2) is 5.96 Å². The monoisotopic (exact) mass is 362 g/mol. The van der Waals surface area contributed by atoms with E-state index in [9.17, 15) is 4.79 Å². The molecule has 0 aromatic heterocycles. The van der Waals surface area contributed by atoms with E-state index in [4.69, 9.17) is 4.74 Å². The lowest BCUT2D eigenvalue weighted by Gasteiger charge is -2.25. The first-order chi connectivity index (χ1) is 12.6. The zero-order valence-corrected chi connectivity index (χ0v) is 16.9. The molecule has 0 unspecified atom stereocenters. The molecule has 0 aliphatic carbocycles. The van der Waals surface area contributed by atoms with Crippen molar-refractivity contribution in [3.63, 3.8) is 0 Å². The number of aliphatic imine (C=N–C) groups is 1. The van der Waals surface area contributed by atoms with E-state index >= 15 is 0 Å². The fourth-order valence-electron chi connectivity index (χ4n) is 2.71. The number of guanidine groups is 1. The largest absolute Gasteiger partial charge is 0.494 e. The van der Waals surface area contributed by atoms with Gasteiger partial charge in [0.1, 0.15) is 5.75 Å². The van der Waals surface area contributed by atoms with Crippen molar-refractivity contribution in [1.82, 2.24) is 15.1 Å². The Morgan fingerprint density at radius 2 is 1.85 bits per heavy atom. The number of ether oxygens (including phenoxy) is 1. The standard InChI is InChI=1S/C20H34N4O2/c1-6-21-20(23(5)16-19(25)24(7-2)8-3)22-15-14-17-12-10-11-13-18(17)26-9-4/h10-13H,6-9,14-16H2,1-5H3,(H,21,22). The number of benzene rings is 1. The van der Waals surface area contributed by atoms with Crippen molar-refractivity contribution >= 4 is 11.9 Å². The minimum atomic E-state index is 0.116. The maximum Gasteiger partial charge on any atom is 0.242 e. The second-order valence-corrected chi connectivity index (χ2v) is 5.95. The van der Waals surface area contributed by atoms with Crippen LogP contribution in [0.15, 0.2) is 29.3 Å². The number of carbonyl (C=O) groups excluding carboxylic acids is 1. The Balaban J connectivity index is 2.72. The predicted octanol–water partition coefficient (Wildman–Crippen LogP) is 2.39. The normalized spacial score (nSPS) is 11.2. The topological polar surface area (TPSA) is 57.2 Å². The quantitative estimate of drug-likeness (QED) is 0.513. The zero-order valence-electron chi connectivity index (χ0n) is 16.9. The third kappa shape index (κ3) is 6.94. The number of para-hydroxylation sites is 1. The van der Waals surface area contributed by atoms with Gasteiger partial charge in [-0.25, -0.2) is 0 Å². The molecule has 0 spiro atoms. The summed E-state index contributed by atoms with van der Waals surface area (Å²) in [7, 11) is 1.90. The van der Waals surface area contributed by atoms with E-state index in [0.717, 1.165) is 43.3 Å². The molecule has 0 fully saturated rings. The summed E-state index contributed by atoms with van der Waals surface area (Å²) in [6, 6.07) is 8.06.